The van der Waals surface area contributed by atoms with Gasteiger partial charge >= 0.3 is 0 Å². The van der Waals surface area contributed by atoms with Crippen LogP contribution in [0.25, 0.3) is 5.65 Å². The molecule has 1 saturated heterocycles. The summed E-state index contributed by atoms with van der Waals surface area (Å²) in [6, 6.07) is -0.0750. The Kier molecular flexibility index (Phi) is 3.57. The van der Waals surface area contributed by atoms with E-state index < -0.39 is 0 Å². The largest absolute Gasteiger partial charge is 0.409 e. The molecule has 1 unspecified atom stereocenters. The molecule has 3 heterocycles. The van der Waals surface area contributed by atoms with Gasteiger partial charge in [0.1, 0.15) is 6.33 Å². The molecule has 112 valence electrons. The van der Waals surface area contributed by atoms with E-state index in [1.807, 2.05) is 17.5 Å². The highest BCUT2D eigenvalue weighted by Gasteiger charge is 2.25. The molecule has 3 N–H and O–H groups in total. The topological polar surface area (TPSA) is 108 Å². The monoisotopic (exact) mass is 290 g/mol. The van der Waals surface area contributed by atoms with E-state index in [4.69, 9.17) is 10.9 Å². The van der Waals surface area contributed by atoms with Gasteiger partial charge in [-0.15, -0.1) is 10.2 Å². The van der Waals surface area contributed by atoms with Crippen molar-refractivity contribution in [1.82, 2.24) is 24.5 Å². The average molecular weight is 290 g/mol. The minimum atomic E-state index is -0.0750. The molecular weight excluding hydrogens is 272 g/mol. The van der Waals surface area contributed by atoms with E-state index >= 15 is 0 Å². The van der Waals surface area contributed by atoms with Crippen LogP contribution in [0.1, 0.15) is 6.92 Å². The molecule has 1 fully saturated rings. The molecule has 2 aromatic heterocycles. The van der Waals surface area contributed by atoms with E-state index in [0.29, 0.717) is 0 Å². The fourth-order valence-corrected chi connectivity index (χ4v) is 2.56. The summed E-state index contributed by atoms with van der Waals surface area (Å²) < 4.78 is 1.85. The van der Waals surface area contributed by atoms with Crippen molar-refractivity contribution in [3.63, 3.8) is 0 Å². The first-order valence-electron chi connectivity index (χ1n) is 6.81. The Balaban J connectivity index is 1.73. The first kappa shape index (κ1) is 13.6. The molecule has 0 bridgehead atoms. The molecule has 3 rings (SSSR count). The van der Waals surface area contributed by atoms with Crippen LogP contribution in [-0.4, -0.2) is 67.7 Å². The molecule has 2 aromatic rings. The first-order valence-corrected chi connectivity index (χ1v) is 6.81. The lowest BCUT2D eigenvalue weighted by Gasteiger charge is -2.37. The summed E-state index contributed by atoms with van der Waals surface area (Å²) in [7, 11) is 0. The van der Waals surface area contributed by atoms with Crippen LogP contribution in [0.4, 0.5) is 5.82 Å². The molecule has 0 aromatic carbocycles. The quantitative estimate of drug-likeness (QED) is 0.336. The van der Waals surface area contributed by atoms with Gasteiger partial charge in [0, 0.05) is 38.6 Å². The lowest BCUT2D eigenvalue weighted by Crippen LogP contribution is -2.53. The van der Waals surface area contributed by atoms with Crippen molar-refractivity contribution < 1.29 is 5.21 Å². The lowest BCUT2D eigenvalue weighted by molar-refractivity contribution is 0.230. The van der Waals surface area contributed by atoms with Crippen LogP contribution in [0.5, 0.6) is 0 Å². The van der Waals surface area contributed by atoms with Gasteiger partial charge in [-0.1, -0.05) is 5.16 Å². The van der Waals surface area contributed by atoms with Crippen LogP contribution in [0.2, 0.25) is 0 Å². The zero-order valence-corrected chi connectivity index (χ0v) is 11.8. The summed E-state index contributed by atoms with van der Waals surface area (Å²) in [5, 5.41) is 19.9. The number of nitrogens with two attached hydrogens (primary N) is 1. The van der Waals surface area contributed by atoms with Crippen LogP contribution < -0.4 is 10.6 Å². The zero-order chi connectivity index (χ0) is 14.8. The number of anilines is 1. The van der Waals surface area contributed by atoms with Gasteiger partial charge in [-0.25, -0.2) is 4.98 Å². The number of fused-ring (bicyclic) bond motifs is 1. The molecule has 9 nitrogen and oxygen atoms in total. The highest BCUT2D eigenvalue weighted by atomic mass is 16.4. The minimum Gasteiger partial charge on any atom is -0.409 e. The number of hydrogen-bond acceptors (Lipinski definition) is 7. The predicted molar refractivity (Wildman–Crippen MR) is 77.4 cm³/mol. The van der Waals surface area contributed by atoms with E-state index in [1.165, 1.54) is 0 Å². The van der Waals surface area contributed by atoms with Crippen LogP contribution >= 0.6 is 0 Å². The smallest absolute Gasteiger partial charge is 0.203 e. The van der Waals surface area contributed by atoms with Crippen molar-refractivity contribution in [1.29, 1.82) is 0 Å². The summed E-state index contributed by atoms with van der Waals surface area (Å²) >= 11 is 0. The normalized spacial score (nSPS) is 19.1. The van der Waals surface area contributed by atoms with Crippen molar-refractivity contribution in [2.24, 2.45) is 10.9 Å². The Hall–Kier alpha value is -2.42. The van der Waals surface area contributed by atoms with E-state index in [-0.39, 0.29) is 11.9 Å². The number of hydrogen-bond donors (Lipinski definition) is 2. The van der Waals surface area contributed by atoms with E-state index in [9.17, 15) is 0 Å². The van der Waals surface area contributed by atoms with Crippen LogP contribution in [0, 0.1) is 0 Å². The van der Waals surface area contributed by atoms with Crippen LogP contribution in [0.15, 0.2) is 23.9 Å². The van der Waals surface area contributed by atoms with Crippen molar-refractivity contribution in [2.45, 2.75) is 13.0 Å². The lowest BCUT2D eigenvalue weighted by atomic mass is 10.2. The third-order valence-electron chi connectivity index (χ3n) is 3.90. The fourth-order valence-electron chi connectivity index (χ4n) is 2.56. The molecule has 0 saturated carbocycles. The van der Waals surface area contributed by atoms with Gasteiger partial charge in [0.05, 0.1) is 6.04 Å². The Bertz CT molecular complexity index is 645. The summed E-state index contributed by atoms with van der Waals surface area (Å²) in [6.45, 7) is 5.18. The average Bonchev–Trinajstić information content (AvgIpc) is 3.02. The molecule has 1 atom stereocenters. The summed E-state index contributed by atoms with van der Waals surface area (Å²) in [6.07, 6.45) is 5.24. The number of rotatable bonds is 3. The Labute approximate surface area is 121 Å². The SMILES string of the molecule is CC(C(N)=NO)N1CCN(c2nccn3cnnc23)CC1. The van der Waals surface area contributed by atoms with Gasteiger partial charge in [-0.2, -0.15) is 0 Å². The minimum absolute atomic E-state index is 0.0750. The second-order valence-electron chi connectivity index (χ2n) is 5.04. The number of amidine groups is 1. The maximum atomic E-state index is 8.76. The molecule has 9 heteroatoms. The van der Waals surface area contributed by atoms with Gasteiger partial charge in [-0.05, 0) is 6.92 Å². The first-order chi connectivity index (χ1) is 10.2. The second-order valence-corrected chi connectivity index (χ2v) is 5.04. The van der Waals surface area contributed by atoms with Crippen LogP contribution in [-0.2, 0) is 0 Å². The Morgan fingerprint density at radius 3 is 2.86 bits per heavy atom. The van der Waals surface area contributed by atoms with Gasteiger partial charge in [-0.3, -0.25) is 9.30 Å². The molecule has 0 aliphatic carbocycles. The number of oxime groups is 1. The standard InChI is InChI=1S/C12H18N8O/c1-9(10(13)17-21)18-4-6-19(7-5-18)11-12-16-15-8-20(12)3-2-14-11/h2-3,8-9,21H,4-7H2,1H3,(H2,13,17). The molecule has 0 radical (unpaired) electrons. The number of aromatic nitrogens is 4. The summed E-state index contributed by atoms with van der Waals surface area (Å²) in [4.78, 5) is 8.78. The second kappa shape index (κ2) is 5.52. The van der Waals surface area contributed by atoms with E-state index in [1.54, 1.807) is 12.5 Å². The van der Waals surface area contributed by atoms with Crippen molar-refractivity contribution >= 4 is 17.3 Å². The van der Waals surface area contributed by atoms with E-state index in [2.05, 4.69) is 30.1 Å². The zero-order valence-electron chi connectivity index (χ0n) is 11.8. The van der Waals surface area contributed by atoms with Gasteiger partial charge < -0.3 is 15.8 Å². The maximum Gasteiger partial charge on any atom is 0.203 e. The number of piperazine rings is 1. The molecule has 1 aliphatic heterocycles. The molecule has 21 heavy (non-hydrogen) atoms. The fraction of sp³-hybridized carbons (Fsp3) is 0.500. The Morgan fingerprint density at radius 1 is 1.38 bits per heavy atom. The molecule has 1 aliphatic rings. The van der Waals surface area contributed by atoms with Gasteiger partial charge in [0.2, 0.25) is 5.65 Å². The highest BCUT2D eigenvalue weighted by molar-refractivity contribution is 5.84. The van der Waals surface area contributed by atoms with E-state index in [0.717, 1.165) is 37.6 Å². The van der Waals surface area contributed by atoms with Crippen molar-refractivity contribution in [3.8, 4) is 0 Å². The van der Waals surface area contributed by atoms with Crippen molar-refractivity contribution in [3.05, 3.63) is 18.7 Å². The third-order valence-corrected chi connectivity index (χ3v) is 3.90. The van der Waals surface area contributed by atoms with Crippen LogP contribution in [0.3, 0.4) is 0 Å². The molecule has 0 amide bonds. The predicted octanol–water partition coefficient (Wildman–Crippen LogP) is -0.619. The highest BCUT2D eigenvalue weighted by Crippen LogP contribution is 2.18. The molecule has 0 spiro atoms. The summed E-state index contributed by atoms with van der Waals surface area (Å²) in [5.41, 5.74) is 6.42. The number of nitrogens with zero attached hydrogens (tertiary/aromatic N) is 7. The maximum absolute atomic E-state index is 8.76. The van der Waals surface area contributed by atoms with Crippen molar-refractivity contribution in [2.75, 3.05) is 31.1 Å². The third kappa shape index (κ3) is 2.47. The Morgan fingerprint density at radius 2 is 2.14 bits per heavy atom. The molecular formula is C12H18N8O. The van der Waals surface area contributed by atoms with Gasteiger partial charge in [0.15, 0.2) is 11.7 Å². The summed E-state index contributed by atoms with van der Waals surface area (Å²) in [5.74, 6) is 1.08. The van der Waals surface area contributed by atoms with Gasteiger partial charge in [0.25, 0.3) is 0 Å².